The molecule has 1 aromatic carbocycles. The van der Waals surface area contributed by atoms with E-state index in [2.05, 4.69) is 5.32 Å². The molecule has 0 aliphatic carbocycles. The number of cyclic esters (lactones) is 1. The molecule has 1 aliphatic rings. The molecule has 1 aromatic heterocycles. The van der Waals surface area contributed by atoms with Crippen molar-refractivity contribution in [3.8, 4) is 0 Å². The molecule has 1 atom stereocenters. The van der Waals surface area contributed by atoms with Crippen LogP contribution in [0, 0.1) is 0 Å². The Kier molecular flexibility index (Phi) is 3.92. The molecular formula is C15H15NO4S2. The van der Waals surface area contributed by atoms with Crippen molar-refractivity contribution in [2.24, 2.45) is 0 Å². The quantitative estimate of drug-likeness (QED) is 0.932. The lowest BCUT2D eigenvalue weighted by Crippen LogP contribution is -2.11. The molecule has 2 heterocycles. The van der Waals surface area contributed by atoms with Crippen molar-refractivity contribution < 1.29 is 17.9 Å². The van der Waals surface area contributed by atoms with E-state index in [-0.39, 0.29) is 18.3 Å². The number of thiophene rings is 1. The third kappa shape index (κ3) is 3.00. The fourth-order valence-corrected chi connectivity index (χ4v) is 4.82. The number of hydrogen-bond acceptors (Lipinski definition) is 5. The molecule has 7 heteroatoms. The molecule has 3 rings (SSSR count). The maximum Gasteiger partial charge on any atom is 0.411 e. The lowest BCUT2D eigenvalue weighted by Gasteiger charge is -2.12. The number of rotatable bonds is 3. The summed E-state index contributed by atoms with van der Waals surface area (Å²) < 4.78 is 30.1. The zero-order valence-corrected chi connectivity index (χ0v) is 13.5. The zero-order chi connectivity index (χ0) is 15.7. The highest BCUT2D eigenvalue weighted by atomic mass is 32.2. The maximum absolute atomic E-state index is 12.3. The molecule has 2 aromatic rings. The first-order valence-electron chi connectivity index (χ1n) is 6.78. The van der Waals surface area contributed by atoms with Crippen LogP contribution in [0.15, 0.2) is 39.9 Å². The van der Waals surface area contributed by atoms with Crippen LogP contribution in [0.2, 0.25) is 0 Å². The first-order valence-corrected chi connectivity index (χ1v) is 9.32. The van der Waals surface area contributed by atoms with Crippen molar-refractivity contribution in [3.05, 3.63) is 46.8 Å². The number of hydrogen-bond donors (Lipinski definition) is 1. The SMILES string of the molecule is CC1COC(=O)Nc2ccc(CS(=O)(=O)c3cccs3)cc21. The predicted molar refractivity (Wildman–Crippen MR) is 85.0 cm³/mol. The molecule has 116 valence electrons. The van der Waals surface area contributed by atoms with E-state index in [1.54, 1.807) is 29.6 Å². The Morgan fingerprint density at radius 3 is 2.91 bits per heavy atom. The minimum absolute atomic E-state index is 0.0124. The number of sulfone groups is 1. The molecule has 1 unspecified atom stereocenters. The van der Waals surface area contributed by atoms with Gasteiger partial charge in [0, 0.05) is 11.6 Å². The lowest BCUT2D eigenvalue weighted by atomic mass is 9.98. The third-order valence-electron chi connectivity index (χ3n) is 3.51. The summed E-state index contributed by atoms with van der Waals surface area (Å²) in [4.78, 5) is 11.4. The summed E-state index contributed by atoms with van der Waals surface area (Å²) in [5.74, 6) is -0.0409. The number of amides is 1. The van der Waals surface area contributed by atoms with Crippen LogP contribution in [0.3, 0.4) is 0 Å². The fourth-order valence-electron chi connectivity index (χ4n) is 2.39. The van der Waals surface area contributed by atoms with Crippen molar-refractivity contribution in [1.82, 2.24) is 0 Å². The summed E-state index contributed by atoms with van der Waals surface area (Å²) in [5.41, 5.74) is 2.27. The number of fused-ring (bicyclic) bond motifs is 1. The molecule has 5 nitrogen and oxygen atoms in total. The highest BCUT2D eigenvalue weighted by Gasteiger charge is 2.22. The van der Waals surface area contributed by atoms with Crippen LogP contribution in [0.5, 0.6) is 0 Å². The van der Waals surface area contributed by atoms with Crippen molar-refractivity contribution in [2.45, 2.75) is 22.8 Å². The Morgan fingerprint density at radius 2 is 2.18 bits per heavy atom. The summed E-state index contributed by atoms with van der Waals surface area (Å²) in [7, 11) is -3.33. The number of anilines is 1. The summed E-state index contributed by atoms with van der Waals surface area (Å²) in [6.07, 6.45) is -0.482. The topological polar surface area (TPSA) is 72.5 Å². The summed E-state index contributed by atoms with van der Waals surface area (Å²) in [6, 6.07) is 8.63. The average molecular weight is 337 g/mol. The minimum Gasteiger partial charge on any atom is -0.449 e. The molecule has 0 saturated heterocycles. The van der Waals surface area contributed by atoms with Crippen molar-refractivity contribution >= 4 is 33.0 Å². The molecule has 1 amide bonds. The van der Waals surface area contributed by atoms with Gasteiger partial charge in [0.05, 0.1) is 12.4 Å². The number of nitrogens with one attached hydrogen (secondary N) is 1. The van der Waals surface area contributed by atoms with Crippen LogP contribution in [0.1, 0.15) is 24.0 Å². The van der Waals surface area contributed by atoms with Gasteiger partial charge in [-0.25, -0.2) is 13.2 Å². The van der Waals surface area contributed by atoms with Gasteiger partial charge in [-0.05, 0) is 28.6 Å². The van der Waals surface area contributed by atoms with E-state index in [4.69, 9.17) is 4.74 Å². The van der Waals surface area contributed by atoms with Gasteiger partial charge in [-0.1, -0.05) is 25.1 Å². The van der Waals surface area contributed by atoms with Gasteiger partial charge < -0.3 is 4.74 Å². The molecule has 0 fully saturated rings. The van der Waals surface area contributed by atoms with Crippen LogP contribution >= 0.6 is 11.3 Å². The molecule has 0 saturated carbocycles. The second-order valence-electron chi connectivity index (χ2n) is 5.24. The minimum atomic E-state index is -3.33. The Balaban J connectivity index is 1.92. The van der Waals surface area contributed by atoms with E-state index in [9.17, 15) is 13.2 Å². The van der Waals surface area contributed by atoms with Gasteiger partial charge in [0.25, 0.3) is 0 Å². The highest BCUT2D eigenvalue weighted by molar-refractivity contribution is 7.92. The van der Waals surface area contributed by atoms with Gasteiger partial charge in [0.15, 0.2) is 9.84 Å². The molecule has 0 bridgehead atoms. The third-order valence-corrected chi connectivity index (χ3v) is 6.68. The van der Waals surface area contributed by atoms with E-state index < -0.39 is 15.9 Å². The molecule has 22 heavy (non-hydrogen) atoms. The number of benzene rings is 1. The maximum atomic E-state index is 12.3. The first-order chi connectivity index (χ1) is 10.5. The van der Waals surface area contributed by atoms with Crippen LogP contribution in [0.25, 0.3) is 0 Å². The van der Waals surface area contributed by atoms with Crippen LogP contribution in [-0.4, -0.2) is 21.1 Å². The smallest absolute Gasteiger partial charge is 0.411 e. The zero-order valence-electron chi connectivity index (χ0n) is 11.9. The van der Waals surface area contributed by atoms with Crippen molar-refractivity contribution in [1.29, 1.82) is 0 Å². The van der Waals surface area contributed by atoms with Crippen molar-refractivity contribution in [3.63, 3.8) is 0 Å². The number of ether oxygens (including phenoxy) is 1. The van der Waals surface area contributed by atoms with Crippen LogP contribution < -0.4 is 5.32 Å². The highest BCUT2D eigenvalue weighted by Crippen LogP contribution is 2.30. The summed E-state index contributed by atoms with van der Waals surface area (Å²) >= 11 is 1.22. The van der Waals surface area contributed by atoms with Crippen LogP contribution in [0.4, 0.5) is 10.5 Å². The normalized spacial score (nSPS) is 18.0. The Bertz CT molecular complexity index is 797. The second-order valence-corrected chi connectivity index (χ2v) is 8.40. The van der Waals surface area contributed by atoms with Gasteiger partial charge in [0.1, 0.15) is 4.21 Å². The number of carbonyl (C=O) groups is 1. The molecule has 0 spiro atoms. The Morgan fingerprint density at radius 1 is 1.36 bits per heavy atom. The van der Waals surface area contributed by atoms with E-state index in [0.29, 0.717) is 15.5 Å². The van der Waals surface area contributed by atoms with E-state index >= 15 is 0 Å². The van der Waals surface area contributed by atoms with Gasteiger partial charge >= 0.3 is 6.09 Å². The van der Waals surface area contributed by atoms with Crippen molar-refractivity contribution in [2.75, 3.05) is 11.9 Å². The van der Waals surface area contributed by atoms with E-state index in [1.807, 2.05) is 13.0 Å². The monoisotopic (exact) mass is 337 g/mol. The largest absolute Gasteiger partial charge is 0.449 e. The second kappa shape index (κ2) is 5.73. The Labute approximate surface area is 132 Å². The predicted octanol–water partition coefficient (Wildman–Crippen LogP) is 3.39. The van der Waals surface area contributed by atoms with Gasteiger partial charge in [-0.15, -0.1) is 11.3 Å². The first kappa shape index (κ1) is 15.1. The van der Waals surface area contributed by atoms with E-state index in [0.717, 1.165) is 5.56 Å². The molecular weight excluding hydrogens is 322 g/mol. The summed E-state index contributed by atoms with van der Waals surface area (Å²) in [6.45, 7) is 2.22. The Hall–Kier alpha value is -1.86. The average Bonchev–Trinajstić information content (AvgIpc) is 2.97. The molecule has 0 radical (unpaired) electrons. The summed E-state index contributed by atoms with van der Waals surface area (Å²) in [5, 5.41) is 4.41. The number of carbonyl (C=O) groups excluding carboxylic acids is 1. The lowest BCUT2D eigenvalue weighted by molar-refractivity contribution is 0.158. The standard InChI is InChI=1S/C15H15NO4S2/c1-10-8-20-15(17)16-13-5-4-11(7-12(10)13)9-22(18,19)14-3-2-6-21-14/h2-7,10H,8-9H2,1H3,(H,16,17). The van der Waals surface area contributed by atoms with Gasteiger partial charge in [-0.3, -0.25) is 5.32 Å². The van der Waals surface area contributed by atoms with Gasteiger partial charge in [0.2, 0.25) is 0 Å². The van der Waals surface area contributed by atoms with E-state index in [1.165, 1.54) is 11.3 Å². The molecule has 1 aliphatic heterocycles. The fraction of sp³-hybridized carbons (Fsp3) is 0.267. The van der Waals surface area contributed by atoms with Crippen LogP contribution in [-0.2, 0) is 20.3 Å². The molecule has 1 N–H and O–H groups in total. The van der Waals surface area contributed by atoms with Gasteiger partial charge in [-0.2, -0.15) is 0 Å².